The summed E-state index contributed by atoms with van der Waals surface area (Å²) in [6.45, 7) is 32.5. The van der Waals surface area contributed by atoms with E-state index in [-0.39, 0.29) is 30.2 Å². The van der Waals surface area contributed by atoms with Crippen molar-refractivity contribution in [1.82, 2.24) is 0 Å². The second-order valence-electron chi connectivity index (χ2n) is 11.6. The van der Waals surface area contributed by atoms with Crippen LogP contribution in [0.15, 0.2) is 24.3 Å². The molecule has 3 nitrogen and oxygen atoms in total. The average Bonchev–Trinajstić information content (AvgIpc) is 3.23. The van der Waals surface area contributed by atoms with Crippen LogP contribution in [0.4, 0.5) is 7.00 Å². The molecule has 36 heavy (non-hydrogen) atoms. The number of halogens is 2. The molecular weight excluding hydrogens is 679 g/mol. The molecule has 0 unspecified atom stereocenters. The Kier molecular flexibility index (Phi) is 36.4. The molecule has 0 radical (unpaired) electrons. The maximum Gasteiger partial charge on any atom is 4.00 e. The quantitative estimate of drug-likeness (QED) is 0.144. The Hall–Kier alpha value is 0.503. The molecule has 0 aliphatic carbocycles. The predicted octanol–water partition coefficient (Wildman–Crippen LogP) is 8.79. The van der Waals surface area contributed by atoms with Gasteiger partial charge in [-0.15, -0.1) is 39.3 Å². The summed E-state index contributed by atoms with van der Waals surface area (Å²) in [6, 6.07) is 6.27. The first-order chi connectivity index (χ1) is 16.2. The minimum atomic E-state index is -3.89. The molecule has 0 amide bonds. The van der Waals surface area contributed by atoms with Gasteiger partial charge in [0.15, 0.2) is 0 Å². The Labute approximate surface area is 249 Å². The molecular formula is C29H59F2GeHfN3. The predicted molar refractivity (Wildman–Crippen MR) is 159 cm³/mol. The van der Waals surface area contributed by atoms with Crippen LogP contribution in [0.1, 0.15) is 83.1 Å². The van der Waals surface area contributed by atoms with Crippen LogP contribution in [0.5, 0.6) is 0 Å². The third-order valence-corrected chi connectivity index (χ3v) is 5.77. The van der Waals surface area contributed by atoms with E-state index in [1.807, 2.05) is 0 Å². The van der Waals surface area contributed by atoms with Gasteiger partial charge < -0.3 is 16.0 Å². The van der Waals surface area contributed by atoms with Crippen LogP contribution in [0.3, 0.4) is 0 Å². The van der Waals surface area contributed by atoms with E-state index in [1.54, 1.807) is 12.1 Å². The van der Waals surface area contributed by atoms with Crippen LogP contribution in [0.25, 0.3) is 16.0 Å². The average molecular weight is 739 g/mol. The molecule has 1 rings (SSSR count). The smallest absolute Gasteiger partial charge is 4.00 e. The van der Waals surface area contributed by atoms with E-state index in [4.69, 9.17) is 0 Å². The van der Waals surface area contributed by atoms with E-state index < -0.39 is 15.3 Å². The number of hydrogen-bond acceptors (Lipinski definition) is 0. The summed E-state index contributed by atoms with van der Waals surface area (Å²) in [7, 11) is 0. The maximum absolute atomic E-state index is 11.8. The molecule has 0 heterocycles. The molecule has 0 aliphatic rings. The molecule has 0 atom stereocenters. The van der Waals surface area contributed by atoms with E-state index in [0.717, 1.165) is 74.8 Å². The molecule has 0 aliphatic heterocycles. The first kappa shape index (κ1) is 43.6. The van der Waals surface area contributed by atoms with Crippen LogP contribution in [-0.4, -0.2) is 54.5 Å². The Bertz CT molecular complexity index is 442. The number of rotatable bonds is 13. The topological polar surface area (TPSA) is 42.3 Å². The van der Waals surface area contributed by atoms with Gasteiger partial charge in [0.25, 0.3) is 0 Å². The fourth-order valence-electron chi connectivity index (χ4n) is 2.31. The van der Waals surface area contributed by atoms with Gasteiger partial charge in [0, 0.05) is 0 Å². The van der Waals surface area contributed by atoms with Gasteiger partial charge in [0.1, 0.15) is 0 Å². The third-order valence-electron chi connectivity index (χ3n) is 3.91. The summed E-state index contributed by atoms with van der Waals surface area (Å²) < 4.78 is 23.9. The van der Waals surface area contributed by atoms with Gasteiger partial charge in [-0.05, 0) is 0 Å². The summed E-state index contributed by atoms with van der Waals surface area (Å²) in [5, 5.41) is 13.1. The third kappa shape index (κ3) is 44.5. The van der Waals surface area contributed by atoms with E-state index in [0.29, 0.717) is 0 Å². The first-order valence-electron chi connectivity index (χ1n) is 13.6. The summed E-state index contributed by atoms with van der Waals surface area (Å²) in [5.74, 6) is 4.35. The molecule has 7 heteroatoms. The zero-order chi connectivity index (χ0) is 27.8. The Morgan fingerprint density at radius 3 is 0.806 bits per heavy atom. The largest absolute Gasteiger partial charge is 4.00 e. The molecule has 1 aromatic carbocycles. The standard InChI is InChI=1S/3C8H18N.C5H5F2Ge.Hf/c3*1-7(2)5-9-6-8(3)4;6-8(7)5-3-1-2-4-5;/h3*7-8H,5-6H2,1-4H3;1-4,8H;/q4*-1;+4. The van der Waals surface area contributed by atoms with Gasteiger partial charge in [0.2, 0.25) is 0 Å². The monoisotopic (exact) mass is 741 g/mol. The van der Waals surface area contributed by atoms with Gasteiger partial charge in [-0.1, -0.05) is 119 Å². The minimum Gasteiger partial charge on any atom is 4.00 e. The van der Waals surface area contributed by atoms with Crippen molar-refractivity contribution in [2.45, 2.75) is 83.1 Å². The molecule has 0 spiro atoms. The van der Waals surface area contributed by atoms with Crippen molar-refractivity contribution in [3.8, 4) is 0 Å². The van der Waals surface area contributed by atoms with Crippen molar-refractivity contribution in [3.05, 3.63) is 40.2 Å². The summed E-state index contributed by atoms with van der Waals surface area (Å²) >= 11 is -3.89. The van der Waals surface area contributed by atoms with Crippen molar-refractivity contribution in [1.29, 1.82) is 0 Å². The van der Waals surface area contributed by atoms with Gasteiger partial charge in [-0.2, -0.15) is 0 Å². The van der Waals surface area contributed by atoms with E-state index in [2.05, 4.69) is 99.0 Å². The van der Waals surface area contributed by atoms with Crippen molar-refractivity contribution >= 4 is 19.7 Å². The number of hydrogen-bond donors (Lipinski definition) is 0. The van der Waals surface area contributed by atoms with Crippen LogP contribution in [0, 0.1) is 35.5 Å². The molecule has 0 fully saturated rings. The molecule has 212 valence electrons. The second-order valence-corrected chi connectivity index (χ2v) is 14.3. The molecule has 0 aromatic heterocycles. The number of nitrogens with zero attached hydrogens (tertiary/aromatic N) is 3. The van der Waals surface area contributed by atoms with Crippen LogP contribution >= 0.6 is 0 Å². The van der Waals surface area contributed by atoms with E-state index >= 15 is 0 Å². The van der Waals surface area contributed by atoms with Gasteiger partial charge in [0.05, 0.1) is 0 Å². The van der Waals surface area contributed by atoms with E-state index in [1.165, 1.54) is 12.1 Å². The van der Waals surface area contributed by atoms with Gasteiger partial charge in [-0.3, -0.25) is 0 Å². The SMILES string of the molecule is CC(C)C[N-]CC(C)C.CC(C)C[N-]CC(C)C.CC(C)C[N-]CC(C)C.[F][GeH]([F])[c-]1cccc1.[Hf+4]. The zero-order valence-electron chi connectivity index (χ0n) is 25.7. The Morgan fingerprint density at radius 1 is 0.500 bits per heavy atom. The fourth-order valence-corrected chi connectivity index (χ4v) is 3.38. The maximum atomic E-state index is 11.8. The van der Waals surface area contributed by atoms with Crippen LogP contribution < -0.4 is 4.40 Å². The molecule has 0 saturated carbocycles. The van der Waals surface area contributed by atoms with Gasteiger partial charge in [-0.25, -0.2) is 0 Å². The van der Waals surface area contributed by atoms with Crippen molar-refractivity contribution in [3.63, 3.8) is 0 Å². The summed E-state index contributed by atoms with van der Waals surface area (Å²) in [5.41, 5.74) is 0. The second kappa shape index (κ2) is 30.1. The van der Waals surface area contributed by atoms with Crippen molar-refractivity contribution < 1.29 is 32.8 Å². The molecule has 1 aromatic rings. The van der Waals surface area contributed by atoms with Crippen LogP contribution in [0.2, 0.25) is 0 Å². The Morgan fingerprint density at radius 2 is 0.694 bits per heavy atom. The Balaban J connectivity index is -0.000000188. The summed E-state index contributed by atoms with van der Waals surface area (Å²) in [6.07, 6.45) is 0. The first-order valence-corrected chi connectivity index (χ1v) is 16.6. The van der Waals surface area contributed by atoms with Crippen molar-refractivity contribution in [2.75, 3.05) is 39.3 Å². The molecule has 0 bridgehead atoms. The van der Waals surface area contributed by atoms with Gasteiger partial charge >= 0.3 is 76.8 Å². The fraction of sp³-hybridized carbons (Fsp3) is 0.828. The minimum absolute atomic E-state index is 0. The summed E-state index contributed by atoms with van der Waals surface area (Å²) in [4.78, 5) is 0. The van der Waals surface area contributed by atoms with Crippen LogP contribution in [-0.2, 0) is 25.8 Å². The van der Waals surface area contributed by atoms with Crippen molar-refractivity contribution in [2.24, 2.45) is 35.5 Å². The zero-order valence-corrected chi connectivity index (χ0v) is 31.7. The molecule has 0 saturated heterocycles. The normalized spacial score (nSPS) is 10.8. The molecule has 0 N–H and O–H groups in total. The van der Waals surface area contributed by atoms with E-state index in [9.17, 15) is 7.00 Å².